The number of benzene rings is 1. The molecule has 0 amide bonds. The van der Waals surface area contributed by atoms with Crippen molar-refractivity contribution in [1.82, 2.24) is 0 Å². The van der Waals surface area contributed by atoms with E-state index < -0.39 is 0 Å². The molecule has 0 aliphatic rings. The van der Waals surface area contributed by atoms with Crippen LogP contribution in [0.2, 0.25) is 0 Å². The number of aryl methyl sites for hydroxylation is 1. The normalized spacial score (nSPS) is 10.6. The molecule has 0 atom stereocenters. The second-order valence-corrected chi connectivity index (χ2v) is 5.97. The highest BCUT2D eigenvalue weighted by Gasteiger charge is 2.06. The van der Waals surface area contributed by atoms with Gasteiger partial charge in [-0.1, -0.05) is 43.7 Å². The van der Waals surface area contributed by atoms with E-state index >= 15 is 0 Å². The van der Waals surface area contributed by atoms with E-state index in [2.05, 4.69) is 59.3 Å². The van der Waals surface area contributed by atoms with Crippen molar-refractivity contribution in [3.05, 3.63) is 56.2 Å². The fraction of sp³-hybridized carbons (Fsp3) is 0.286. The Morgan fingerprint density at radius 3 is 2.62 bits per heavy atom. The predicted molar refractivity (Wildman–Crippen MR) is 75.3 cm³/mol. The number of rotatable bonds is 4. The molecule has 0 bridgehead atoms. The fourth-order valence-electron chi connectivity index (χ4n) is 1.73. The Labute approximate surface area is 109 Å². The topological polar surface area (TPSA) is 0 Å². The quantitative estimate of drug-likeness (QED) is 0.740. The molecule has 0 nitrogen and oxygen atoms in total. The van der Waals surface area contributed by atoms with E-state index in [9.17, 15) is 0 Å². The van der Waals surface area contributed by atoms with Crippen molar-refractivity contribution >= 4 is 27.3 Å². The summed E-state index contributed by atoms with van der Waals surface area (Å²) in [5, 5.41) is 0. The van der Waals surface area contributed by atoms with E-state index in [1.54, 1.807) is 0 Å². The van der Waals surface area contributed by atoms with E-state index in [1.807, 2.05) is 11.3 Å². The molecule has 1 aromatic heterocycles. The van der Waals surface area contributed by atoms with Crippen molar-refractivity contribution in [2.75, 3.05) is 0 Å². The van der Waals surface area contributed by atoms with Crippen molar-refractivity contribution in [1.29, 1.82) is 0 Å². The first-order valence-electron chi connectivity index (χ1n) is 5.60. The summed E-state index contributed by atoms with van der Waals surface area (Å²) >= 11 is 5.59. The monoisotopic (exact) mass is 294 g/mol. The molecule has 0 saturated carbocycles. The fourth-order valence-corrected chi connectivity index (χ4v) is 3.74. The van der Waals surface area contributed by atoms with Gasteiger partial charge in [-0.05, 0) is 34.0 Å². The molecule has 0 radical (unpaired) electrons. The van der Waals surface area contributed by atoms with Gasteiger partial charge >= 0.3 is 0 Å². The lowest BCUT2D eigenvalue weighted by atomic mass is 10.1. The van der Waals surface area contributed by atoms with Gasteiger partial charge in [0, 0.05) is 20.6 Å². The number of thiophene rings is 1. The highest BCUT2D eigenvalue weighted by Crippen LogP contribution is 2.30. The van der Waals surface area contributed by atoms with Crippen LogP contribution >= 0.6 is 27.3 Å². The molecular formula is C14H15BrS. The van der Waals surface area contributed by atoms with E-state index in [1.165, 1.54) is 32.6 Å². The van der Waals surface area contributed by atoms with Crippen LogP contribution in [-0.4, -0.2) is 0 Å². The molecule has 0 N–H and O–H groups in total. The Balaban J connectivity index is 2.15. The summed E-state index contributed by atoms with van der Waals surface area (Å²) in [5.41, 5.74) is 1.38. The van der Waals surface area contributed by atoms with Crippen LogP contribution in [0.5, 0.6) is 0 Å². The van der Waals surface area contributed by atoms with Gasteiger partial charge in [0.1, 0.15) is 0 Å². The van der Waals surface area contributed by atoms with Crippen molar-refractivity contribution in [3.8, 4) is 0 Å². The Kier molecular flexibility index (Phi) is 4.19. The molecule has 0 aliphatic heterocycles. The van der Waals surface area contributed by atoms with Gasteiger partial charge in [0.25, 0.3) is 0 Å². The van der Waals surface area contributed by atoms with Crippen molar-refractivity contribution in [3.63, 3.8) is 0 Å². The maximum absolute atomic E-state index is 3.66. The summed E-state index contributed by atoms with van der Waals surface area (Å²) in [6.45, 7) is 2.23. The van der Waals surface area contributed by atoms with Crippen LogP contribution in [-0.2, 0) is 12.8 Å². The first-order chi connectivity index (χ1) is 7.79. The minimum absolute atomic E-state index is 1.04. The number of hydrogen-bond acceptors (Lipinski definition) is 1. The third kappa shape index (κ3) is 2.96. The zero-order chi connectivity index (χ0) is 11.4. The summed E-state index contributed by atoms with van der Waals surface area (Å²) in [6.07, 6.45) is 3.45. The molecule has 1 heterocycles. The predicted octanol–water partition coefficient (Wildman–Crippen LogP) is 5.05. The summed E-state index contributed by atoms with van der Waals surface area (Å²) in [7, 11) is 0. The van der Waals surface area contributed by atoms with Crippen LogP contribution < -0.4 is 0 Å². The molecule has 0 spiro atoms. The van der Waals surface area contributed by atoms with Crippen LogP contribution in [0.15, 0.2) is 40.9 Å². The Morgan fingerprint density at radius 2 is 1.94 bits per heavy atom. The van der Waals surface area contributed by atoms with Crippen molar-refractivity contribution in [2.24, 2.45) is 0 Å². The smallest absolute Gasteiger partial charge is 0.0320 e. The number of hydrogen-bond donors (Lipinski definition) is 0. The Morgan fingerprint density at radius 1 is 1.19 bits per heavy atom. The standard InChI is InChI=1S/C14H15BrS/c1-2-6-12-10-13(15)14(16-12)9-11-7-4-3-5-8-11/h3-5,7-8,10H,2,6,9H2,1H3. The lowest BCUT2D eigenvalue weighted by molar-refractivity contribution is 0.939. The van der Waals surface area contributed by atoms with Crippen molar-refractivity contribution in [2.45, 2.75) is 26.2 Å². The average molecular weight is 295 g/mol. The van der Waals surface area contributed by atoms with Gasteiger partial charge in [-0.15, -0.1) is 11.3 Å². The second-order valence-electron chi connectivity index (χ2n) is 3.90. The molecule has 2 aromatic rings. The second kappa shape index (κ2) is 5.65. The third-order valence-corrected chi connectivity index (χ3v) is 4.68. The first-order valence-corrected chi connectivity index (χ1v) is 7.21. The van der Waals surface area contributed by atoms with Crippen LogP contribution in [0.4, 0.5) is 0 Å². The molecule has 16 heavy (non-hydrogen) atoms. The van der Waals surface area contributed by atoms with Gasteiger partial charge in [-0.25, -0.2) is 0 Å². The molecule has 2 rings (SSSR count). The molecule has 0 unspecified atom stereocenters. The van der Waals surface area contributed by atoms with Gasteiger partial charge in [0.15, 0.2) is 0 Å². The molecule has 0 aliphatic carbocycles. The van der Waals surface area contributed by atoms with Crippen LogP contribution in [0.3, 0.4) is 0 Å². The van der Waals surface area contributed by atoms with Gasteiger partial charge < -0.3 is 0 Å². The van der Waals surface area contributed by atoms with Gasteiger partial charge in [0.2, 0.25) is 0 Å². The summed E-state index contributed by atoms with van der Waals surface area (Å²) in [5.74, 6) is 0. The lowest BCUT2D eigenvalue weighted by Crippen LogP contribution is -1.83. The van der Waals surface area contributed by atoms with Crippen LogP contribution in [0.1, 0.15) is 28.7 Å². The van der Waals surface area contributed by atoms with Gasteiger partial charge in [-0.3, -0.25) is 0 Å². The maximum atomic E-state index is 3.66. The molecule has 0 fully saturated rings. The first kappa shape index (κ1) is 11.9. The van der Waals surface area contributed by atoms with E-state index in [4.69, 9.17) is 0 Å². The molecular weight excluding hydrogens is 280 g/mol. The maximum Gasteiger partial charge on any atom is 0.0320 e. The van der Waals surface area contributed by atoms with Crippen LogP contribution in [0, 0.1) is 0 Å². The molecule has 84 valence electrons. The molecule has 1 aromatic carbocycles. The van der Waals surface area contributed by atoms with Crippen LogP contribution in [0.25, 0.3) is 0 Å². The zero-order valence-corrected chi connectivity index (χ0v) is 11.8. The zero-order valence-electron chi connectivity index (χ0n) is 9.37. The highest BCUT2D eigenvalue weighted by molar-refractivity contribution is 9.10. The highest BCUT2D eigenvalue weighted by atomic mass is 79.9. The Hall–Kier alpha value is -0.600. The largest absolute Gasteiger partial charge is 0.144 e. The summed E-state index contributed by atoms with van der Waals surface area (Å²) < 4.78 is 1.27. The minimum Gasteiger partial charge on any atom is -0.144 e. The van der Waals surface area contributed by atoms with E-state index in [-0.39, 0.29) is 0 Å². The van der Waals surface area contributed by atoms with Crippen molar-refractivity contribution < 1.29 is 0 Å². The summed E-state index contributed by atoms with van der Waals surface area (Å²) in [4.78, 5) is 2.93. The minimum atomic E-state index is 1.04. The third-order valence-electron chi connectivity index (χ3n) is 2.51. The SMILES string of the molecule is CCCc1cc(Br)c(Cc2ccccc2)s1. The average Bonchev–Trinajstić information content (AvgIpc) is 2.61. The molecule has 0 saturated heterocycles. The lowest BCUT2D eigenvalue weighted by Gasteiger charge is -1.98. The van der Waals surface area contributed by atoms with Gasteiger partial charge in [0.05, 0.1) is 0 Å². The molecule has 2 heteroatoms. The van der Waals surface area contributed by atoms with E-state index in [0.717, 1.165) is 6.42 Å². The number of halogens is 1. The van der Waals surface area contributed by atoms with Gasteiger partial charge in [-0.2, -0.15) is 0 Å². The summed E-state index contributed by atoms with van der Waals surface area (Å²) in [6, 6.07) is 12.9. The Bertz CT molecular complexity index is 445. The van der Waals surface area contributed by atoms with E-state index in [0.29, 0.717) is 0 Å².